The number of rotatable bonds is 16. The number of aryl methyl sites for hydroxylation is 3. The molecular weight excluding hydrogens is 738 g/mol. The zero-order valence-corrected chi connectivity index (χ0v) is 32.5. The lowest BCUT2D eigenvalue weighted by Crippen LogP contribution is -2.46. The third-order valence-corrected chi connectivity index (χ3v) is 10.3. The first kappa shape index (κ1) is 38.5. The molecule has 3 atom stereocenters. The van der Waals surface area contributed by atoms with Crippen LogP contribution in [0.3, 0.4) is 0 Å². The zero-order valence-electron chi connectivity index (χ0n) is 32.5. The molecule has 3 aliphatic rings. The second kappa shape index (κ2) is 15.4. The highest BCUT2D eigenvalue weighted by Crippen LogP contribution is 2.42. The zero-order chi connectivity index (χ0) is 40.6. The number of nitrogens with zero attached hydrogens (tertiary/aromatic N) is 14. The van der Waals surface area contributed by atoms with Gasteiger partial charge in [0.1, 0.15) is 29.0 Å². The molecule has 0 aromatic carbocycles. The van der Waals surface area contributed by atoms with Crippen LogP contribution in [0.1, 0.15) is 65.9 Å². The van der Waals surface area contributed by atoms with Crippen molar-refractivity contribution in [3.63, 3.8) is 0 Å². The number of aromatic nitrogens is 9. The minimum absolute atomic E-state index is 0.0295. The van der Waals surface area contributed by atoms with Gasteiger partial charge in [-0.15, -0.1) is 5.11 Å². The molecule has 0 bridgehead atoms. The summed E-state index contributed by atoms with van der Waals surface area (Å²) in [6, 6.07) is -0.875. The van der Waals surface area contributed by atoms with Crippen LogP contribution in [0.15, 0.2) is 32.7 Å². The number of nitrogens with two attached hydrogens (primary N) is 2. The molecular formula is C35H43N17O5. The highest BCUT2D eigenvalue weighted by molar-refractivity contribution is 5.98. The molecule has 22 heteroatoms. The molecule has 57 heavy (non-hydrogen) atoms. The number of carbonyl (C=O) groups excluding carboxylic acids is 2. The summed E-state index contributed by atoms with van der Waals surface area (Å²) in [4.78, 5) is 42.9. The Hall–Kier alpha value is -6.76. The van der Waals surface area contributed by atoms with E-state index in [4.69, 9.17) is 40.9 Å². The van der Waals surface area contributed by atoms with Gasteiger partial charge in [0, 0.05) is 20.0 Å². The molecule has 22 nitrogen and oxygen atoms in total. The Labute approximate surface area is 326 Å². The van der Waals surface area contributed by atoms with E-state index in [2.05, 4.69) is 52.5 Å². The molecule has 4 aromatic heterocycles. The van der Waals surface area contributed by atoms with Crippen LogP contribution in [0.25, 0.3) is 5.95 Å². The van der Waals surface area contributed by atoms with Crippen LogP contribution in [0, 0.1) is 29.1 Å². The lowest BCUT2D eigenvalue weighted by atomic mass is 9.79. The maximum absolute atomic E-state index is 12.4. The van der Waals surface area contributed by atoms with Crippen LogP contribution in [0.4, 0.5) is 29.1 Å². The van der Waals surface area contributed by atoms with E-state index in [9.17, 15) is 9.59 Å². The van der Waals surface area contributed by atoms with Crippen molar-refractivity contribution < 1.29 is 23.8 Å². The quantitative estimate of drug-likeness (QED) is 0.0484. The number of esters is 2. The van der Waals surface area contributed by atoms with Crippen molar-refractivity contribution in [1.29, 1.82) is 0 Å². The van der Waals surface area contributed by atoms with E-state index in [0.29, 0.717) is 29.4 Å². The van der Waals surface area contributed by atoms with E-state index in [1.807, 2.05) is 13.8 Å². The molecule has 0 radical (unpaired) electrons. The van der Waals surface area contributed by atoms with Gasteiger partial charge in [-0.25, -0.2) is 24.3 Å². The molecule has 0 amide bonds. The van der Waals surface area contributed by atoms with Gasteiger partial charge < -0.3 is 31.0 Å². The molecule has 5 heterocycles. The van der Waals surface area contributed by atoms with Crippen LogP contribution < -0.4 is 26.5 Å². The van der Waals surface area contributed by atoms with Gasteiger partial charge in [0.15, 0.2) is 17.5 Å². The van der Waals surface area contributed by atoms with Gasteiger partial charge in [-0.1, -0.05) is 38.5 Å². The molecule has 0 spiro atoms. The van der Waals surface area contributed by atoms with Crippen molar-refractivity contribution in [1.82, 2.24) is 44.3 Å². The van der Waals surface area contributed by atoms with Crippen molar-refractivity contribution >= 4 is 53.1 Å². The average molecular weight is 782 g/mol. The molecule has 4 aromatic rings. The number of ether oxygens (including phenoxy) is 3. The number of nitrogens with one attached hydrogen (secondary N) is 1. The summed E-state index contributed by atoms with van der Waals surface area (Å²) in [5, 5.41) is 31.6. The molecule has 7 rings (SSSR count). The Kier molecular flexibility index (Phi) is 10.4. The number of aliphatic imine (C=N–C) groups is 1. The van der Waals surface area contributed by atoms with Gasteiger partial charge in [0.25, 0.3) is 11.9 Å². The number of hydrogen-bond donors (Lipinski definition) is 3. The Morgan fingerprint density at radius 2 is 1.68 bits per heavy atom. The molecule has 3 unspecified atom stereocenters. The van der Waals surface area contributed by atoms with Crippen molar-refractivity contribution in [3.8, 4) is 23.8 Å². The lowest BCUT2D eigenvalue weighted by molar-refractivity contribution is 0.0592. The number of methoxy groups -OCH3 is 3. The first-order valence-electron chi connectivity index (χ1n) is 18.2. The van der Waals surface area contributed by atoms with E-state index in [0.717, 1.165) is 25.7 Å². The maximum Gasteiger partial charge on any atom is 0.343 e. The second-order valence-electron chi connectivity index (χ2n) is 13.7. The van der Waals surface area contributed by atoms with Gasteiger partial charge in [0.2, 0.25) is 0 Å². The van der Waals surface area contributed by atoms with E-state index < -0.39 is 29.6 Å². The third-order valence-electron chi connectivity index (χ3n) is 10.3. The van der Waals surface area contributed by atoms with Gasteiger partial charge in [0.05, 0.1) is 56.9 Å². The number of anilines is 3. The van der Waals surface area contributed by atoms with Crippen molar-refractivity contribution in [3.05, 3.63) is 29.2 Å². The van der Waals surface area contributed by atoms with Gasteiger partial charge in [-0.3, -0.25) is 4.68 Å². The van der Waals surface area contributed by atoms with E-state index in [1.165, 1.54) is 59.1 Å². The summed E-state index contributed by atoms with van der Waals surface area (Å²) < 4.78 is 19.5. The Morgan fingerprint density at radius 1 is 1.04 bits per heavy atom. The highest BCUT2D eigenvalue weighted by Gasteiger charge is 2.49. The van der Waals surface area contributed by atoms with Gasteiger partial charge in [-0.05, 0) is 25.2 Å². The van der Waals surface area contributed by atoms with Gasteiger partial charge >= 0.3 is 17.9 Å². The minimum Gasteiger partial charge on any atom is -0.467 e. The van der Waals surface area contributed by atoms with Crippen LogP contribution in [-0.2, 0) is 30.0 Å². The topological polar surface area (TPSA) is 271 Å². The van der Waals surface area contributed by atoms with Gasteiger partial charge in [-0.2, -0.15) is 45.1 Å². The SMILES string of the molecule is CCC1(C(C)C2=NN(c3nc(OC)nc(-n4nc(CCC5CC5)c(NC=Nc5c(C(=O)OC)cnn5C)c4N)n3)C(N)C2N=Nc2c(C(=O)OC)cnn2C)C#C1. The van der Waals surface area contributed by atoms with Crippen molar-refractivity contribution in [2.24, 2.45) is 57.4 Å². The van der Waals surface area contributed by atoms with E-state index in [1.54, 1.807) is 14.1 Å². The fraction of sp³-hybridized carbons (Fsp3) is 0.486. The smallest absolute Gasteiger partial charge is 0.343 e. The molecule has 1 fully saturated rings. The summed E-state index contributed by atoms with van der Waals surface area (Å²) >= 11 is 0. The first-order chi connectivity index (χ1) is 27.4. The first-order valence-corrected chi connectivity index (χ1v) is 18.2. The van der Waals surface area contributed by atoms with Crippen LogP contribution in [0.5, 0.6) is 6.01 Å². The van der Waals surface area contributed by atoms with E-state index >= 15 is 0 Å². The molecule has 1 aliphatic heterocycles. The monoisotopic (exact) mass is 781 g/mol. The summed E-state index contributed by atoms with van der Waals surface area (Å²) in [5.74, 6) is 6.34. The fourth-order valence-electron chi connectivity index (χ4n) is 6.49. The Balaban J connectivity index is 1.25. The number of azo groups is 1. The van der Waals surface area contributed by atoms with Crippen molar-refractivity contribution in [2.45, 2.75) is 58.2 Å². The molecule has 2 aliphatic carbocycles. The highest BCUT2D eigenvalue weighted by atomic mass is 16.5. The predicted molar refractivity (Wildman–Crippen MR) is 206 cm³/mol. The summed E-state index contributed by atoms with van der Waals surface area (Å²) in [7, 11) is 7.27. The Morgan fingerprint density at radius 3 is 2.30 bits per heavy atom. The van der Waals surface area contributed by atoms with Crippen molar-refractivity contribution in [2.75, 3.05) is 37.4 Å². The number of hydrazone groups is 1. The maximum atomic E-state index is 12.4. The fourth-order valence-corrected chi connectivity index (χ4v) is 6.49. The van der Waals surface area contributed by atoms with E-state index in [-0.39, 0.29) is 52.4 Å². The normalized spacial score (nSPS) is 18.7. The van der Waals surface area contributed by atoms with Crippen LogP contribution in [-0.4, -0.2) is 102 Å². The summed E-state index contributed by atoms with van der Waals surface area (Å²) in [5.41, 5.74) is 15.2. The Bertz CT molecular complexity index is 2350. The largest absolute Gasteiger partial charge is 0.467 e. The summed E-state index contributed by atoms with van der Waals surface area (Å²) in [6.07, 6.45) is 7.72. The van der Waals surface area contributed by atoms with Crippen LogP contribution >= 0.6 is 0 Å². The second-order valence-corrected chi connectivity index (χ2v) is 13.7. The third kappa shape index (κ3) is 7.35. The lowest BCUT2D eigenvalue weighted by Gasteiger charge is -2.23. The number of carbonyl (C=O) groups is 2. The number of hydrogen-bond acceptors (Lipinski definition) is 18. The molecule has 1 saturated carbocycles. The van der Waals surface area contributed by atoms with Crippen LogP contribution in [0.2, 0.25) is 0 Å². The summed E-state index contributed by atoms with van der Waals surface area (Å²) in [6.45, 7) is 4.03. The molecule has 298 valence electrons. The molecule has 5 N–H and O–H groups in total. The minimum atomic E-state index is -0.965. The standard InChI is InChI=1S/C35H43N17O5/c1-8-35(13-14-35)18(2)23-25(45-46-29-21(31(54)56-6)16-41-50(29)4)27(37)52(48-23)33-42-32(43-34(44-33)57-7)51-26(36)24(22(47-51)12-11-19-9-10-19)38-17-39-28-20(30(53)55-5)15-40-49(28)3/h15-19,25,27H,8-12,36-37H2,1-7H3,(H,38,39). The predicted octanol–water partition coefficient (Wildman–Crippen LogP) is 2.47. The average Bonchev–Trinajstić information content (AvgIpc) is 4.09. The molecule has 0 saturated heterocycles. The number of nitrogen functional groups attached to an aromatic ring is 1.